The van der Waals surface area contributed by atoms with E-state index in [1.165, 1.54) is 24.8 Å². The van der Waals surface area contributed by atoms with E-state index in [9.17, 15) is 10.2 Å². The van der Waals surface area contributed by atoms with Crippen LogP contribution in [0.2, 0.25) is 0 Å². The van der Waals surface area contributed by atoms with E-state index in [0.29, 0.717) is 18.3 Å². The maximum Gasteiger partial charge on any atom is 0.125 e. The van der Waals surface area contributed by atoms with Crippen molar-refractivity contribution in [1.82, 2.24) is 4.98 Å². The van der Waals surface area contributed by atoms with Gasteiger partial charge in [-0.25, -0.2) is 4.98 Å². The van der Waals surface area contributed by atoms with Crippen molar-refractivity contribution in [3.8, 4) is 0 Å². The molecule has 0 bridgehead atoms. The summed E-state index contributed by atoms with van der Waals surface area (Å²) in [6, 6.07) is 14.2. The third-order valence-corrected chi connectivity index (χ3v) is 7.18. The minimum absolute atomic E-state index is 0.151. The molecule has 4 nitrogen and oxygen atoms in total. The van der Waals surface area contributed by atoms with E-state index in [-0.39, 0.29) is 12.0 Å². The fraction of sp³-hybridized carbons (Fsp3) is 0.483. The Balaban J connectivity index is 1.18. The second-order valence-electron chi connectivity index (χ2n) is 9.83. The van der Waals surface area contributed by atoms with Crippen LogP contribution in [0.15, 0.2) is 72.5 Å². The summed E-state index contributed by atoms with van der Waals surface area (Å²) in [7, 11) is 0. The number of benzene rings is 1. The smallest absolute Gasteiger partial charge is 0.125 e. The predicted octanol–water partition coefficient (Wildman–Crippen LogP) is 5.47. The van der Waals surface area contributed by atoms with E-state index in [4.69, 9.17) is 0 Å². The van der Waals surface area contributed by atoms with Crippen LogP contribution in [0, 0.1) is 24.7 Å². The number of hydrogen-bond acceptors (Lipinski definition) is 4. The Morgan fingerprint density at radius 1 is 1.15 bits per heavy atom. The SMILES string of the molecule is Cc1cccc(C[C@H](O)C=C[C@@H]2[C@H]3CC(CCCCCNc4ccccn4)=C[C@H]3C[C@H]2O)c1. The van der Waals surface area contributed by atoms with Crippen LogP contribution in [0.4, 0.5) is 5.82 Å². The molecule has 0 amide bonds. The van der Waals surface area contributed by atoms with Crippen molar-refractivity contribution in [2.24, 2.45) is 17.8 Å². The first-order chi connectivity index (χ1) is 16.1. The summed E-state index contributed by atoms with van der Waals surface area (Å²) < 4.78 is 0. The van der Waals surface area contributed by atoms with Gasteiger partial charge in [0.1, 0.15) is 5.82 Å². The number of fused-ring (bicyclic) bond motifs is 1. The lowest BCUT2D eigenvalue weighted by atomic mass is 9.88. The molecule has 4 heteroatoms. The third kappa shape index (κ3) is 6.78. The van der Waals surface area contributed by atoms with Crippen LogP contribution >= 0.6 is 0 Å². The largest absolute Gasteiger partial charge is 0.392 e. The number of aliphatic hydroxyl groups excluding tert-OH is 2. The number of aromatic nitrogens is 1. The van der Waals surface area contributed by atoms with E-state index >= 15 is 0 Å². The van der Waals surface area contributed by atoms with Gasteiger partial charge in [0.2, 0.25) is 0 Å². The molecule has 0 spiro atoms. The van der Waals surface area contributed by atoms with Crippen LogP contribution in [0.3, 0.4) is 0 Å². The number of aryl methyl sites for hydroxylation is 1. The molecule has 0 unspecified atom stereocenters. The van der Waals surface area contributed by atoms with Crippen molar-refractivity contribution in [2.45, 2.75) is 64.1 Å². The zero-order valence-electron chi connectivity index (χ0n) is 19.7. The second kappa shape index (κ2) is 11.6. The molecule has 5 atom stereocenters. The topological polar surface area (TPSA) is 65.4 Å². The fourth-order valence-electron chi connectivity index (χ4n) is 5.53. The number of allylic oxidation sites excluding steroid dienone is 2. The van der Waals surface area contributed by atoms with Crippen molar-refractivity contribution in [3.63, 3.8) is 0 Å². The van der Waals surface area contributed by atoms with Crippen molar-refractivity contribution in [2.75, 3.05) is 11.9 Å². The van der Waals surface area contributed by atoms with Crippen LogP contribution in [-0.4, -0.2) is 33.9 Å². The first-order valence-corrected chi connectivity index (χ1v) is 12.5. The van der Waals surface area contributed by atoms with Crippen molar-refractivity contribution < 1.29 is 10.2 Å². The summed E-state index contributed by atoms with van der Waals surface area (Å²) in [6.07, 6.45) is 14.8. The lowest BCUT2D eigenvalue weighted by Gasteiger charge is -2.19. The highest BCUT2D eigenvalue weighted by molar-refractivity contribution is 5.32. The van der Waals surface area contributed by atoms with Gasteiger partial charge in [0.25, 0.3) is 0 Å². The zero-order chi connectivity index (χ0) is 23.0. The van der Waals surface area contributed by atoms with Crippen molar-refractivity contribution >= 4 is 5.82 Å². The molecular formula is C29H38N2O2. The van der Waals surface area contributed by atoms with Crippen LogP contribution in [-0.2, 0) is 6.42 Å². The minimum Gasteiger partial charge on any atom is -0.392 e. The lowest BCUT2D eigenvalue weighted by Crippen LogP contribution is -2.18. The molecular weight excluding hydrogens is 408 g/mol. The molecule has 2 aromatic rings. The number of anilines is 1. The fourth-order valence-corrected chi connectivity index (χ4v) is 5.53. The summed E-state index contributed by atoms with van der Waals surface area (Å²) in [4.78, 5) is 4.29. The number of nitrogens with zero attached hydrogens (tertiary/aromatic N) is 1. The highest BCUT2D eigenvalue weighted by Gasteiger charge is 2.43. The quantitative estimate of drug-likeness (QED) is 0.316. The van der Waals surface area contributed by atoms with Gasteiger partial charge in [0.05, 0.1) is 12.2 Å². The van der Waals surface area contributed by atoms with Gasteiger partial charge in [-0.1, -0.05) is 66.1 Å². The Bertz CT molecular complexity index is 940. The maximum absolute atomic E-state index is 10.6. The average molecular weight is 447 g/mol. The predicted molar refractivity (Wildman–Crippen MR) is 135 cm³/mol. The lowest BCUT2D eigenvalue weighted by molar-refractivity contribution is 0.140. The van der Waals surface area contributed by atoms with Gasteiger partial charge in [-0.3, -0.25) is 0 Å². The number of hydrogen-bond donors (Lipinski definition) is 3. The second-order valence-corrected chi connectivity index (χ2v) is 9.83. The summed E-state index contributed by atoms with van der Waals surface area (Å²) in [5, 5.41) is 24.5. The van der Waals surface area contributed by atoms with Crippen LogP contribution < -0.4 is 5.32 Å². The Labute approximate surface area is 198 Å². The molecule has 1 fully saturated rings. The summed E-state index contributed by atoms with van der Waals surface area (Å²) in [6.45, 7) is 3.04. The van der Waals surface area contributed by atoms with Gasteiger partial charge in [0, 0.05) is 25.1 Å². The highest BCUT2D eigenvalue weighted by atomic mass is 16.3. The van der Waals surface area contributed by atoms with Gasteiger partial charge >= 0.3 is 0 Å². The van der Waals surface area contributed by atoms with E-state index < -0.39 is 6.10 Å². The van der Waals surface area contributed by atoms with Gasteiger partial charge in [-0.15, -0.1) is 0 Å². The minimum atomic E-state index is -0.508. The summed E-state index contributed by atoms with van der Waals surface area (Å²) >= 11 is 0. The maximum atomic E-state index is 10.6. The van der Waals surface area contributed by atoms with Crippen LogP contribution in [0.5, 0.6) is 0 Å². The van der Waals surface area contributed by atoms with Gasteiger partial charge in [-0.2, -0.15) is 0 Å². The molecule has 33 heavy (non-hydrogen) atoms. The summed E-state index contributed by atoms with van der Waals surface area (Å²) in [5.41, 5.74) is 3.93. The average Bonchev–Trinajstić information content (AvgIpc) is 3.31. The number of nitrogens with one attached hydrogen (secondary N) is 1. The molecule has 0 saturated heterocycles. The highest BCUT2D eigenvalue weighted by Crippen LogP contribution is 2.48. The third-order valence-electron chi connectivity index (χ3n) is 7.18. The Hall–Kier alpha value is -2.43. The molecule has 3 N–H and O–H groups in total. The van der Waals surface area contributed by atoms with Gasteiger partial charge in [-0.05, 0) is 68.6 Å². The van der Waals surface area contributed by atoms with Crippen LogP contribution in [0.25, 0.3) is 0 Å². The van der Waals surface area contributed by atoms with E-state index in [0.717, 1.165) is 37.2 Å². The Morgan fingerprint density at radius 3 is 2.88 bits per heavy atom. The van der Waals surface area contributed by atoms with Crippen molar-refractivity contribution in [1.29, 1.82) is 0 Å². The molecule has 0 aliphatic heterocycles. The molecule has 1 heterocycles. The normalized spacial score (nSPS) is 25.2. The first kappa shape index (κ1) is 23.7. The first-order valence-electron chi connectivity index (χ1n) is 12.5. The molecule has 176 valence electrons. The Kier molecular flexibility index (Phi) is 8.35. The van der Waals surface area contributed by atoms with E-state index in [1.807, 2.05) is 36.5 Å². The standard InChI is InChI=1S/C29H38N2O2/c1-21-8-7-10-22(16-21)18-25(32)12-13-26-27-19-23(17-24(27)20-28(26)33)9-3-2-5-14-30-29-11-4-6-15-31-29/h4,6-8,10-13,15-17,24-28,32-33H,2-3,5,9,14,18-20H2,1H3,(H,30,31)/t24-,25+,26+,27-,28+/m0/s1. The van der Waals surface area contributed by atoms with E-state index in [1.54, 1.807) is 5.57 Å². The number of aliphatic hydroxyl groups is 2. The summed E-state index contributed by atoms with van der Waals surface area (Å²) in [5.74, 6) is 2.08. The molecule has 1 aromatic heterocycles. The molecule has 1 saturated carbocycles. The molecule has 4 rings (SSSR count). The molecule has 0 radical (unpaired) electrons. The number of unbranched alkanes of at least 4 members (excludes halogenated alkanes) is 2. The molecule has 2 aliphatic rings. The zero-order valence-corrected chi connectivity index (χ0v) is 19.7. The van der Waals surface area contributed by atoms with E-state index in [2.05, 4.69) is 47.6 Å². The van der Waals surface area contributed by atoms with Gasteiger partial charge < -0.3 is 15.5 Å². The number of pyridine rings is 1. The molecule has 2 aliphatic carbocycles. The molecule has 1 aromatic carbocycles. The van der Waals surface area contributed by atoms with Crippen LogP contribution in [0.1, 0.15) is 49.7 Å². The van der Waals surface area contributed by atoms with Crippen molar-refractivity contribution in [3.05, 3.63) is 83.6 Å². The Morgan fingerprint density at radius 2 is 2.06 bits per heavy atom. The van der Waals surface area contributed by atoms with Gasteiger partial charge in [0.15, 0.2) is 0 Å². The number of rotatable bonds is 11. The monoisotopic (exact) mass is 446 g/mol.